The molecule has 2 atom stereocenters. The lowest BCUT2D eigenvalue weighted by Crippen LogP contribution is -2.47. The molecule has 0 radical (unpaired) electrons. The van der Waals surface area contributed by atoms with Gasteiger partial charge >= 0.3 is 6.01 Å². The molecule has 29 heavy (non-hydrogen) atoms. The Bertz CT molecular complexity index is 1060. The molecule has 3 aromatic heterocycles. The second-order valence-electron chi connectivity index (χ2n) is 7.48. The Morgan fingerprint density at radius 3 is 2.93 bits per heavy atom. The summed E-state index contributed by atoms with van der Waals surface area (Å²) in [5.41, 5.74) is 1.17. The van der Waals surface area contributed by atoms with Crippen molar-refractivity contribution in [1.82, 2.24) is 19.5 Å². The van der Waals surface area contributed by atoms with Gasteiger partial charge in [-0.3, -0.25) is 4.79 Å². The number of furan rings is 1. The molecule has 0 amide bonds. The molecular weight excluding hydrogens is 372 g/mol. The second kappa shape index (κ2) is 7.23. The number of fused-ring (bicyclic) bond motifs is 4. The molecule has 2 aliphatic rings. The summed E-state index contributed by atoms with van der Waals surface area (Å²) >= 11 is 0. The van der Waals surface area contributed by atoms with Crippen LogP contribution in [-0.4, -0.2) is 39.7 Å². The number of methoxy groups -OCH3 is 1. The van der Waals surface area contributed by atoms with Crippen LogP contribution in [0.2, 0.25) is 0 Å². The standard InChI is InChI=1S/C20H22N6O3/c1-28-20-23-18(21-9-15-4-3-7-29-15)22-19(24-20)25-10-13-8-14(12-25)16-5-2-6-17(27)26(16)11-13/h2-7,13-14H,8-12H2,1H3,(H,21,22,23,24)/t13-,14-/m0/s1. The third-order valence-electron chi connectivity index (χ3n) is 5.55. The summed E-state index contributed by atoms with van der Waals surface area (Å²) in [5.74, 6) is 2.47. The highest BCUT2D eigenvalue weighted by Gasteiger charge is 2.35. The first-order valence-electron chi connectivity index (χ1n) is 9.70. The molecule has 3 aromatic rings. The molecule has 0 unspecified atom stereocenters. The maximum Gasteiger partial charge on any atom is 0.322 e. The average molecular weight is 394 g/mol. The number of hydrogen-bond acceptors (Lipinski definition) is 8. The van der Waals surface area contributed by atoms with Crippen LogP contribution in [0, 0.1) is 5.92 Å². The van der Waals surface area contributed by atoms with E-state index in [1.165, 1.54) is 0 Å². The summed E-state index contributed by atoms with van der Waals surface area (Å²) in [7, 11) is 1.54. The van der Waals surface area contributed by atoms with Gasteiger partial charge in [-0.25, -0.2) is 0 Å². The molecule has 1 fully saturated rings. The van der Waals surface area contributed by atoms with E-state index in [1.54, 1.807) is 19.4 Å². The Morgan fingerprint density at radius 1 is 1.17 bits per heavy atom. The number of piperidine rings is 1. The van der Waals surface area contributed by atoms with Crippen molar-refractivity contribution in [2.45, 2.75) is 25.4 Å². The number of nitrogens with one attached hydrogen (secondary N) is 1. The third-order valence-corrected chi connectivity index (χ3v) is 5.55. The minimum atomic E-state index is 0.0805. The van der Waals surface area contributed by atoms with Crippen molar-refractivity contribution >= 4 is 11.9 Å². The highest BCUT2D eigenvalue weighted by molar-refractivity contribution is 5.40. The van der Waals surface area contributed by atoms with Crippen molar-refractivity contribution in [3.8, 4) is 6.01 Å². The first kappa shape index (κ1) is 17.7. The van der Waals surface area contributed by atoms with Crippen LogP contribution in [0.1, 0.15) is 23.8 Å². The van der Waals surface area contributed by atoms with E-state index in [0.717, 1.165) is 37.5 Å². The Morgan fingerprint density at radius 2 is 2.10 bits per heavy atom. The molecule has 5 rings (SSSR count). The van der Waals surface area contributed by atoms with Gasteiger partial charge in [-0.05, 0) is 30.5 Å². The van der Waals surface area contributed by atoms with Crippen LogP contribution in [-0.2, 0) is 13.1 Å². The number of aromatic nitrogens is 4. The molecular formula is C20H22N6O3. The van der Waals surface area contributed by atoms with Crippen LogP contribution in [0.15, 0.2) is 45.8 Å². The van der Waals surface area contributed by atoms with E-state index < -0.39 is 0 Å². The van der Waals surface area contributed by atoms with Gasteiger partial charge in [0.1, 0.15) is 5.76 Å². The normalized spacial score (nSPS) is 20.2. The minimum Gasteiger partial charge on any atom is -0.467 e. The number of ether oxygens (including phenoxy) is 1. The Balaban J connectivity index is 1.41. The van der Waals surface area contributed by atoms with Gasteiger partial charge in [-0.15, -0.1) is 0 Å². The number of anilines is 2. The Hall–Kier alpha value is -3.36. The summed E-state index contributed by atoms with van der Waals surface area (Å²) < 4.78 is 12.6. The molecule has 0 saturated carbocycles. The third kappa shape index (κ3) is 3.43. The van der Waals surface area contributed by atoms with Crippen molar-refractivity contribution < 1.29 is 9.15 Å². The molecule has 150 valence electrons. The zero-order valence-corrected chi connectivity index (χ0v) is 16.1. The zero-order chi connectivity index (χ0) is 19.8. The van der Waals surface area contributed by atoms with Gasteiger partial charge in [0.15, 0.2) is 0 Å². The molecule has 0 spiro atoms. The van der Waals surface area contributed by atoms with Gasteiger partial charge in [0.25, 0.3) is 5.56 Å². The minimum absolute atomic E-state index is 0.0805. The van der Waals surface area contributed by atoms with Crippen molar-refractivity contribution in [3.63, 3.8) is 0 Å². The van der Waals surface area contributed by atoms with Crippen LogP contribution in [0.25, 0.3) is 0 Å². The fraction of sp³-hybridized carbons (Fsp3) is 0.400. The highest BCUT2D eigenvalue weighted by atomic mass is 16.5. The first-order valence-corrected chi connectivity index (χ1v) is 9.70. The molecule has 9 nitrogen and oxygen atoms in total. The van der Waals surface area contributed by atoms with E-state index in [-0.39, 0.29) is 17.5 Å². The molecule has 2 bridgehead atoms. The summed E-state index contributed by atoms with van der Waals surface area (Å²) in [4.78, 5) is 27.8. The lowest BCUT2D eigenvalue weighted by molar-refractivity contribution is 0.279. The Kier molecular flexibility index (Phi) is 4.42. The number of pyridine rings is 1. The summed E-state index contributed by atoms with van der Waals surface area (Å²) in [6.45, 7) is 2.75. The average Bonchev–Trinajstić information content (AvgIpc) is 3.26. The monoisotopic (exact) mass is 394 g/mol. The molecule has 0 aliphatic carbocycles. The van der Waals surface area contributed by atoms with Gasteiger partial charge in [-0.1, -0.05) is 6.07 Å². The van der Waals surface area contributed by atoms with Gasteiger partial charge in [0.2, 0.25) is 11.9 Å². The first-order chi connectivity index (χ1) is 14.2. The molecule has 1 saturated heterocycles. The van der Waals surface area contributed by atoms with E-state index in [9.17, 15) is 4.79 Å². The van der Waals surface area contributed by atoms with Crippen LogP contribution < -0.4 is 20.5 Å². The summed E-state index contributed by atoms with van der Waals surface area (Å²) in [6, 6.07) is 9.52. The number of rotatable bonds is 5. The Labute approximate surface area is 167 Å². The van der Waals surface area contributed by atoms with E-state index in [1.807, 2.05) is 22.8 Å². The maximum absolute atomic E-state index is 12.2. The lowest BCUT2D eigenvalue weighted by Gasteiger charge is -2.42. The fourth-order valence-electron chi connectivity index (χ4n) is 4.30. The van der Waals surface area contributed by atoms with Crippen LogP contribution in [0.4, 0.5) is 11.9 Å². The molecule has 9 heteroatoms. The van der Waals surface area contributed by atoms with Crippen LogP contribution in [0.3, 0.4) is 0 Å². The zero-order valence-electron chi connectivity index (χ0n) is 16.1. The van der Waals surface area contributed by atoms with Crippen LogP contribution >= 0.6 is 0 Å². The van der Waals surface area contributed by atoms with Gasteiger partial charge in [0, 0.05) is 37.3 Å². The predicted octanol–water partition coefficient (Wildman–Crippen LogP) is 1.87. The highest BCUT2D eigenvalue weighted by Crippen LogP contribution is 2.36. The maximum atomic E-state index is 12.2. The molecule has 5 heterocycles. The summed E-state index contributed by atoms with van der Waals surface area (Å²) in [6.07, 6.45) is 2.71. The van der Waals surface area contributed by atoms with Crippen molar-refractivity contribution in [3.05, 3.63) is 58.4 Å². The van der Waals surface area contributed by atoms with E-state index in [2.05, 4.69) is 31.2 Å². The van der Waals surface area contributed by atoms with Crippen molar-refractivity contribution in [2.24, 2.45) is 5.92 Å². The number of hydrogen-bond donors (Lipinski definition) is 1. The van der Waals surface area contributed by atoms with Crippen LogP contribution in [0.5, 0.6) is 6.01 Å². The SMILES string of the molecule is COc1nc(NCc2ccco2)nc(N2C[C@@H]3C[C@@H](C2)c2cccc(=O)n2C3)n1. The van der Waals surface area contributed by atoms with E-state index >= 15 is 0 Å². The lowest BCUT2D eigenvalue weighted by atomic mass is 9.83. The van der Waals surface area contributed by atoms with Gasteiger partial charge in [0.05, 0.1) is 19.9 Å². The van der Waals surface area contributed by atoms with Gasteiger partial charge in [-0.2, -0.15) is 15.0 Å². The molecule has 1 N–H and O–H groups in total. The van der Waals surface area contributed by atoms with Crippen molar-refractivity contribution in [2.75, 3.05) is 30.4 Å². The molecule has 0 aromatic carbocycles. The second-order valence-corrected chi connectivity index (χ2v) is 7.48. The predicted molar refractivity (Wildman–Crippen MR) is 106 cm³/mol. The number of nitrogens with zero attached hydrogens (tertiary/aromatic N) is 5. The topological polar surface area (TPSA) is 98.3 Å². The van der Waals surface area contributed by atoms with Crippen molar-refractivity contribution in [1.29, 1.82) is 0 Å². The van der Waals surface area contributed by atoms with E-state index in [4.69, 9.17) is 9.15 Å². The fourth-order valence-corrected chi connectivity index (χ4v) is 4.30. The quantitative estimate of drug-likeness (QED) is 0.700. The largest absolute Gasteiger partial charge is 0.467 e. The molecule has 2 aliphatic heterocycles. The summed E-state index contributed by atoms with van der Waals surface area (Å²) in [5, 5.41) is 3.17. The van der Waals surface area contributed by atoms with E-state index in [0.29, 0.717) is 24.4 Å². The smallest absolute Gasteiger partial charge is 0.322 e. The van der Waals surface area contributed by atoms with Gasteiger partial charge < -0.3 is 23.9 Å².